The number of hydrogen-bond acceptors (Lipinski definition) is 3. The number of rotatable bonds is 5. The van der Waals surface area contributed by atoms with Gasteiger partial charge in [0.15, 0.2) is 0 Å². The summed E-state index contributed by atoms with van der Waals surface area (Å²) in [5.74, 6) is -0.667. The highest BCUT2D eigenvalue weighted by atomic mass is 16.4. The van der Waals surface area contributed by atoms with Crippen molar-refractivity contribution in [1.82, 2.24) is 15.1 Å². The molecule has 0 bridgehead atoms. The third-order valence-corrected chi connectivity index (χ3v) is 4.25. The summed E-state index contributed by atoms with van der Waals surface area (Å²) in [7, 11) is 0. The van der Waals surface area contributed by atoms with Gasteiger partial charge in [-0.1, -0.05) is 12.1 Å². The SMILES string of the molecule is CC(C)(C)n1nc(C(=O)NCc2ccc(C(=O)O)cc2)cc1C1CC1. The van der Waals surface area contributed by atoms with Crippen molar-refractivity contribution >= 4 is 11.9 Å². The van der Waals surface area contributed by atoms with E-state index >= 15 is 0 Å². The smallest absolute Gasteiger partial charge is 0.335 e. The zero-order chi connectivity index (χ0) is 18.2. The van der Waals surface area contributed by atoms with Crippen molar-refractivity contribution in [2.45, 2.75) is 51.6 Å². The van der Waals surface area contributed by atoms with E-state index < -0.39 is 5.97 Å². The van der Waals surface area contributed by atoms with Gasteiger partial charge in [-0.3, -0.25) is 9.48 Å². The Bertz CT molecular complexity index is 796. The van der Waals surface area contributed by atoms with E-state index in [1.165, 1.54) is 12.1 Å². The second-order valence-corrected chi connectivity index (χ2v) is 7.50. The van der Waals surface area contributed by atoms with Gasteiger partial charge in [-0.25, -0.2) is 4.79 Å². The molecule has 6 heteroatoms. The van der Waals surface area contributed by atoms with Crippen molar-refractivity contribution in [2.24, 2.45) is 0 Å². The summed E-state index contributed by atoms with van der Waals surface area (Å²) in [6, 6.07) is 8.36. The van der Waals surface area contributed by atoms with Crippen LogP contribution in [0.2, 0.25) is 0 Å². The number of hydrogen-bond donors (Lipinski definition) is 2. The van der Waals surface area contributed by atoms with Gasteiger partial charge in [0.25, 0.3) is 5.91 Å². The van der Waals surface area contributed by atoms with Gasteiger partial charge in [-0.05, 0) is 57.4 Å². The van der Waals surface area contributed by atoms with Crippen LogP contribution in [-0.4, -0.2) is 26.8 Å². The molecule has 2 aromatic rings. The fraction of sp³-hybridized carbons (Fsp3) is 0.421. The average molecular weight is 341 g/mol. The highest BCUT2D eigenvalue weighted by molar-refractivity contribution is 5.92. The second-order valence-electron chi connectivity index (χ2n) is 7.50. The first-order valence-electron chi connectivity index (χ1n) is 8.46. The maximum Gasteiger partial charge on any atom is 0.335 e. The minimum absolute atomic E-state index is 0.164. The lowest BCUT2D eigenvalue weighted by molar-refractivity contribution is 0.0696. The predicted octanol–water partition coefficient (Wildman–Crippen LogP) is 3.14. The Morgan fingerprint density at radius 2 is 1.88 bits per heavy atom. The van der Waals surface area contributed by atoms with Gasteiger partial charge in [0.05, 0.1) is 11.1 Å². The molecule has 1 amide bonds. The number of carbonyl (C=O) groups excluding carboxylic acids is 1. The van der Waals surface area contributed by atoms with Gasteiger partial charge in [0.1, 0.15) is 5.69 Å². The summed E-state index contributed by atoms with van der Waals surface area (Å²) in [5.41, 5.74) is 2.47. The minimum Gasteiger partial charge on any atom is -0.478 e. The average Bonchev–Trinajstić information content (AvgIpc) is 3.29. The van der Waals surface area contributed by atoms with Crippen molar-refractivity contribution in [3.05, 3.63) is 52.8 Å². The molecule has 1 fully saturated rings. The van der Waals surface area contributed by atoms with Gasteiger partial charge in [-0.15, -0.1) is 0 Å². The van der Waals surface area contributed by atoms with Crippen LogP contribution in [0.15, 0.2) is 30.3 Å². The Morgan fingerprint density at radius 3 is 2.40 bits per heavy atom. The molecule has 1 aromatic carbocycles. The minimum atomic E-state index is -0.962. The van der Waals surface area contributed by atoms with Crippen LogP contribution < -0.4 is 5.32 Å². The highest BCUT2D eigenvalue weighted by Crippen LogP contribution is 2.41. The molecule has 3 rings (SSSR count). The van der Waals surface area contributed by atoms with Gasteiger partial charge in [0, 0.05) is 18.2 Å². The van der Waals surface area contributed by atoms with Gasteiger partial charge in [-0.2, -0.15) is 5.10 Å². The van der Waals surface area contributed by atoms with Crippen LogP contribution in [0, 0.1) is 0 Å². The van der Waals surface area contributed by atoms with Gasteiger partial charge in [0.2, 0.25) is 0 Å². The summed E-state index contributed by atoms with van der Waals surface area (Å²) in [5, 5.41) is 16.3. The van der Waals surface area contributed by atoms with Crippen molar-refractivity contribution < 1.29 is 14.7 Å². The largest absolute Gasteiger partial charge is 0.478 e. The van der Waals surface area contributed by atoms with E-state index in [9.17, 15) is 9.59 Å². The normalized spacial score (nSPS) is 14.4. The van der Waals surface area contributed by atoms with E-state index in [-0.39, 0.29) is 17.0 Å². The molecule has 6 nitrogen and oxygen atoms in total. The van der Waals surface area contributed by atoms with Crippen LogP contribution in [0.5, 0.6) is 0 Å². The monoisotopic (exact) mass is 341 g/mol. The van der Waals surface area contributed by atoms with Gasteiger partial charge < -0.3 is 10.4 Å². The van der Waals surface area contributed by atoms with Gasteiger partial charge >= 0.3 is 5.97 Å². The Labute approximate surface area is 146 Å². The van der Waals surface area contributed by atoms with Crippen LogP contribution >= 0.6 is 0 Å². The molecule has 1 aliphatic carbocycles. The van der Waals surface area contributed by atoms with Crippen molar-refractivity contribution in [3.63, 3.8) is 0 Å². The third kappa shape index (κ3) is 3.90. The Morgan fingerprint density at radius 1 is 1.24 bits per heavy atom. The van der Waals surface area contributed by atoms with Crippen LogP contribution in [0.1, 0.15) is 71.6 Å². The molecule has 0 atom stereocenters. The Hall–Kier alpha value is -2.63. The van der Waals surface area contributed by atoms with E-state index in [0.29, 0.717) is 18.2 Å². The van der Waals surface area contributed by atoms with Crippen molar-refractivity contribution in [1.29, 1.82) is 0 Å². The second kappa shape index (κ2) is 6.35. The summed E-state index contributed by atoms with van der Waals surface area (Å²) in [6.45, 7) is 6.58. The first kappa shape index (κ1) is 17.2. The standard InChI is InChI=1S/C19H23N3O3/c1-19(2,3)22-16(13-8-9-13)10-15(21-22)17(23)20-11-12-4-6-14(7-5-12)18(24)25/h4-7,10,13H,8-9,11H2,1-3H3,(H,20,23)(H,24,25). The molecule has 0 radical (unpaired) electrons. The molecule has 0 spiro atoms. The number of aromatic nitrogens is 2. The molecule has 1 aliphatic rings. The Kier molecular flexibility index (Phi) is 4.37. The van der Waals surface area contributed by atoms with Crippen LogP contribution in [0.4, 0.5) is 0 Å². The number of carbonyl (C=O) groups is 2. The van der Waals surface area contributed by atoms with E-state index in [0.717, 1.165) is 24.1 Å². The molecule has 1 saturated carbocycles. The molecule has 0 aliphatic heterocycles. The summed E-state index contributed by atoms with van der Waals surface area (Å²) >= 11 is 0. The lowest BCUT2D eigenvalue weighted by Gasteiger charge is -2.22. The molecule has 132 valence electrons. The first-order chi connectivity index (χ1) is 11.8. The number of amides is 1. The van der Waals surface area contributed by atoms with Crippen molar-refractivity contribution in [2.75, 3.05) is 0 Å². The zero-order valence-corrected chi connectivity index (χ0v) is 14.7. The molecule has 1 aromatic heterocycles. The summed E-state index contributed by atoms with van der Waals surface area (Å²) in [6.07, 6.45) is 2.30. The molecule has 1 heterocycles. The summed E-state index contributed by atoms with van der Waals surface area (Å²) in [4.78, 5) is 23.3. The van der Waals surface area contributed by atoms with E-state index in [2.05, 4.69) is 31.2 Å². The van der Waals surface area contributed by atoms with E-state index in [4.69, 9.17) is 5.11 Å². The fourth-order valence-corrected chi connectivity index (χ4v) is 2.75. The molecule has 0 unspecified atom stereocenters. The quantitative estimate of drug-likeness (QED) is 0.875. The summed E-state index contributed by atoms with van der Waals surface area (Å²) < 4.78 is 1.96. The molecular weight excluding hydrogens is 318 g/mol. The maximum atomic E-state index is 12.4. The molecule has 2 N–H and O–H groups in total. The molecular formula is C19H23N3O3. The number of carboxylic acid groups (broad SMARTS) is 1. The van der Waals surface area contributed by atoms with Crippen molar-refractivity contribution in [3.8, 4) is 0 Å². The van der Waals surface area contributed by atoms with Crippen LogP contribution in [0.25, 0.3) is 0 Å². The lowest BCUT2D eigenvalue weighted by atomic mass is 10.1. The van der Waals surface area contributed by atoms with Crippen LogP contribution in [-0.2, 0) is 12.1 Å². The first-order valence-corrected chi connectivity index (χ1v) is 8.46. The molecule has 25 heavy (non-hydrogen) atoms. The Balaban J connectivity index is 1.70. The van der Waals surface area contributed by atoms with E-state index in [1.807, 2.05) is 10.7 Å². The predicted molar refractivity (Wildman–Crippen MR) is 93.8 cm³/mol. The highest BCUT2D eigenvalue weighted by Gasteiger charge is 2.32. The third-order valence-electron chi connectivity index (χ3n) is 4.25. The van der Waals surface area contributed by atoms with E-state index in [1.54, 1.807) is 12.1 Å². The number of benzene rings is 1. The maximum absolute atomic E-state index is 12.4. The number of nitrogens with one attached hydrogen (secondary N) is 1. The lowest BCUT2D eigenvalue weighted by Crippen LogP contribution is -2.27. The fourth-order valence-electron chi connectivity index (χ4n) is 2.75. The molecule has 0 saturated heterocycles. The van der Waals surface area contributed by atoms with Crippen LogP contribution in [0.3, 0.4) is 0 Å². The zero-order valence-electron chi connectivity index (χ0n) is 14.7. The number of nitrogens with zero attached hydrogens (tertiary/aromatic N) is 2. The topological polar surface area (TPSA) is 84.2 Å². The number of carboxylic acids is 1. The number of aromatic carboxylic acids is 1.